The summed E-state index contributed by atoms with van der Waals surface area (Å²) in [6, 6.07) is 3.79. The second-order valence-corrected chi connectivity index (χ2v) is 3.67. The maximum atomic E-state index is 12.8. The summed E-state index contributed by atoms with van der Waals surface area (Å²) >= 11 is 0. The van der Waals surface area contributed by atoms with E-state index in [4.69, 9.17) is 0 Å². The molecule has 13 heavy (non-hydrogen) atoms. The topological polar surface area (TPSA) is 40.5 Å². The van der Waals surface area contributed by atoms with E-state index < -0.39 is 5.60 Å². The number of phenols is 1. The molecule has 2 nitrogen and oxygen atoms in total. The van der Waals surface area contributed by atoms with E-state index in [1.807, 2.05) is 0 Å². The van der Waals surface area contributed by atoms with Gasteiger partial charge in [0.05, 0.1) is 5.60 Å². The van der Waals surface area contributed by atoms with E-state index in [2.05, 4.69) is 0 Å². The van der Waals surface area contributed by atoms with Crippen LogP contribution in [0.4, 0.5) is 4.39 Å². The molecule has 0 bridgehead atoms. The van der Waals surface area contributed by atoms with Crippen LogP contribution >= 0.6 is 0 Å². The van der Waals surface area contributed by atoms with Gasteiger partial charge in [-0.05, 0) is 36.6 Å². The number of hydrogen-bond acceptors (Lipinski definition) is 2. The van der Waals surface area contributed by atoms with E-state index in [-0.39, 0.29) is 11.6 Å². The van der Waals surface area contributed by atoms with Gasteiger partial charge in [0.25, 0.3) is 0 Å². The molecule has 1 aromatic rings. The Labute approximate surface area is 75.6 Å². The molecule has 70 valence electrons. The molecule has 0 heterocycles. The van der Waals surface area contributed by atoms with Gasteiger partial charge in [-0.3, -0.25) is 0 Å². The minimum absolute atomic E-state index is 0.0572. The van der Waals surface area contributed by atoms with Crippen molar-refractivity contribution < 1.29 is 14.6 Å². The Morgan fingerprint density at radius 1 is 1.38 bits per heavy atom. The maximum Gasteiger partial charge on any atom is 0.123 e. The van der Waals surface area contributed by atoms with Gasteiger partial charge >= 0.3 is 0 Å². The van der Waals surface area contributed by atoms with Crippen molar-refractivity contribution in [1.82, 2.24) is 0 Å². The first-order valence-corrected chi connectivity index (χ1v) is 4.29. The van der Waals surface area contributed by atoms with E-state index in [1.165, 1.54) is 18.2 Å². The molecule has 1 saturated carbocycles. The second kappa shape index (κ2) is 2.70. The standard InChI is InChI=1S/C10H11FO2/c11-8-1-2-9(12)7(5-8)6-10(13)3-4-10/h1-2,5,12-13H,3-4,6H2. The predicted molar refractivity (Wildman–Crippen MR) is 46.0 cm³/mol. The zero-order valence-corrected chi connectivity index (χ0v) is 7.13. The normalized spacial score (nSPS) is 18.6. The van der Waals surface area contributed by atoms with Crippen molar-refractivity contribution in [3.63, 3.8) is 0 Å². The molecule has 1 aliphatic carbocycles. The van der Waals surface area contributed by atoms with E-state index in [9.17, 15) is 14.6 Å². The summed E-state index contributed by atoms with van der Waals surface area (Å²) in [5.41, 5.74) is -0.203. The Hall–Kier alpha value is -1.09. The Morgan fingerprint density at radius 3 is 2.69 bits per heavy atom. The summed E-state index contributed by atoms with van der Waals surface area (Å²) in [5, 5.41) is 18.9. The lowest BCUT2D eigenvalue weighted by atomic mass is 10.1. The van der Waals surface area contributed by atoms with Gasteiger partial charge in [-0.2, -0.15) is 0 Å². The zero-order chi connectivity index (χ0) is 9.47. The monoisotopic (exact) mass is 182 g/mol. The van der Waals surface area contributed by atoms with Crippen LogP contribution < -0.4 is 0 Å². The lowest BCUT2D eigenvalue weighted by molar-refractivity contribution is 0.150. The second-order valence-electron chi connectivity index (χ2n) is 3.67. The minimum atomic E-state index is -0.689. The number of aromatic hydroxyl groups is 1. The molecular formula is C10H11FO2. The lowest BCUT2D eigenvalue weighted by Gasteiger charge is -2.08. The summed E-state index contributed by atoms with van der Waals surface area (Å²) < 4.78 is 12.8. The molecule has 0 unspecified atom stereocenters. The van der Waals surface area contributed by atoms with Crippen LogP contribution in [0.2, 0.25) is 0 Å². The number of rotatable bonds is 2. The highest BCUT2D eigenvalue weighted by molar-refractivity contribution is 5.34. The van der Waals surface area contributed by atoms with Crippen molar-refractivity contribution in [3.05, 3.63) is 29.6 Å². The van der Waals surface area contributed by atoms with Crippen LogP contribution in [0, 0.1) is 5.82 Å². The largest absolute Gasteiger partial charge is 0.508 e. The van der Waals surface area contributed by atoms with Gasteiger partial charge in [0.2, 0.25) is 0 Å². The van der Waals surface area contributed by atoms with Crippen molar-refractivity contribution in [2.75, 3.05) is 0 Å². The molecule has 1 aromatic carbocycles. The fourth-order valence-electron chi connectivity index (χ4n) is 1.37. The molecule has 0 atom stereocenters. The van der Waals surface area contributed by atoms with Gasteiger partial charge in [-0.15, -0.1) is 0 Å². The number of hydrogen-bond donors (Lipinski definition) is 2. The van der Waals surface area contributed by atoms with Gasteiger partial charge in [-0.1, -0.05) is 0 Å². The molecule has 2 N–H and O–H groups in total. The summed E-state index contributed by atoms with van der Waals surface area (Å²) in [6.45, 7) is 0. The predicted octanol–water partition coefficient (Wildman–Crippen LogP) is 1.60. The fraction of sp³-hybridized carbons (Fsp3) is 0.400. The van der Waals surface area contributed by atoms with Crippen LogP contribution in [-0.4, -0.2) is 15.8 Å². The highest BCUT2D eigenvalue weighted by Crippen LogP contribution is 2.39. The van der Waals surface area contributed by atoms with Gasteiger partial charge in [-0.25, -0.2) is 4.39 Å². The molecule has 1 fully saturated rings. The summed E-state index contributed by atoms with van der Waals surface area (Å²) in [4.78, 5) is 0. The highest BCUT2D eigenvalue weighted by atomic mass is 19.1. The van der Waals surface area contributed by atoms with Gasteiger partial charge in [0, 0.05) is 6.42 Å². The van der Waals surface area contributed by atoms with Gasteiger partial charge < -0.3 is 10.2 Å². The number of benzene rings is 1. The maximum absolute atomic E-state index is 12.8. The molecule has 2 rings (SSSR count). The molecule has 0 aliphatic heterocycles. The molecule has 0 spiro atoms. The molecule has 0 amide bonds. The lowest BCUT2D eigenvalue weighted by Crippen LogP contribution is -2.10. The number of halogens is 1. The van der Waals surface area contributed by atoms with Gasteiger partial charge in [0.1, 0.15) is 11.6 Å². The van der Waals surface area contributed by atoms with Crippen molar-refractivity contribution in [1.29, 1.82) is 0 Å². The van der Waals surface area contributed by atoms with Crippen LogP contribution in [0.3, 0.4) is 0 Å². The number of phenolic OH excluding ortho intramolecular Hbond substituents is 1. The van der Waals surface area contributed by atoms with Gasteiger partial charge in [0.15, 0.2) is 0 Å². The van der Waals surface area contributed by atoms with Crippen LogP contribution in [0.15, 0.2) is 18.2 Å². The third-order valence-corrected chi connectivity index (χ3v) is 2.39. The molecule has 1 aliphatic rings. The first kappa shape index (κ1) is 8.51. The highest BCUT2D eigenvalue weighted by Gasteiger charge is 2.40. The SMILES string of the molecule is Oc1ccc(F)cc1CC1(O)CC1. The Kier molecular flexibility index (Phi) is 1.77. The Morgan fingerprint density at radius 2 is 2.08 bits per heavy atom. The average Bonchev–Trinajstić information content (AvgIpc) is 2.76. The van der Waals surface area contributed by atoms with E-state index in [0.717, 1.165) is 12.8 Å². The third-order valence-electron chi connectivity index (χ3n) is 2.39. The summed E-state index contributed by atoms with van der Waals surface area (Å²) in [6.07, 6.45) is 1.82. The van der Waals surface area contributed by atoms with E-state index in [0.29, 0.717) is 12.0 Å². The quantitative estimate of drug-likeness (QED) is 0.729. The first-order valence-electron chi connectivity index (χ1n) is 4.29. The zero-order valence-electron chi connectivity index (χ0n) is 7.13. The van der Waals surface area contributed by atoms with Crippen LogP contribution in [-0.2, 0) is 6.42 Å². The van der Waals surface area contributed by atoms with Crippen molar-refractivity contribution in [2.24, 2.45) is 0 Å². The fourth-order valence-corrected chi connectivity index (χ4v) is 1.37. The molecular weight excluding hydrogens is 171 g/mol. The molecule has 0 saturated heterocycles. The average molecular weight is 182 g/mol. The van der Waals surface area contributed by atoms with Crippen molar-refractivity contribution >= 4 is 0 Å². The summed E-state index contributed by atoms with van der Waals surface area (Å²) in [7, 11) is 0. The van der Waals surface area contributed by atoms with E-state index >= 15 is 0 Å². The molecule has 0 radical (unpaired) electrons. The smallest absolute Gasteiger partial charge is 0.123 e. The van der Waals surface area contributed by atoms with Crippen molar-refractivity contribution in [3.8, 4) is 5.75 Å². The third kappa shape index (κ3) is 1.80. The molecule has 0 aromatic heterocycles. The van der Waals surface area contributed by atoms with Crippen LogP contribution in [0.1, 0.15) is 18.4 Å². The first-order chi connectivity index (χ1) is 6.09. The molecule has 3 heteroatoms. The van der Waals surface area contributed by atoms with Crippen LogP contribution in [0.5, 0.6) is 5.75 Å². The minimum Gasteiger partial charge on any atom is -0.508 e. The van der Waals surface area contributed by atoms with E-state index in [1.54, 1.807) is 0 Å². The van der Waals surface area contributed by atoms with Crippen LogP contribution in [0.25, 0.3) is 0 Å². The number of aliphatic hydroxyl groups is 1. The Bertz CT molecular complexity index is 332. The summed E-state index contributed by atoms with van der Waals surface area (Å²) in [5.74, 6) is -0.321. The Balaban J connectivity index is 2.23. The van der Waals surface area contributed by atoms with Crippen molar-refractivity contribution in [2.45, 2.75) is 24.9 Å².